The molecule has 0 aromatic heterocycles. The van der Waals surface area contributed by atoms with Gasteiger partial charge >= 0.3 is 12.1 Å². The molecule has 9 heteroatoms. The van der Waals surface area contributed by atoms with Crippen molar-refractivity contribution in [2.45, 2.75) is 104 Å². The Kier molecular flexibility index (Phi) is 13.0. The molecule has 1 fully saturated rings. The lowest BCUT2D eigenvalue weighted by Gasteiger charge is -2.31. The van der Waals surface area contributed by atoms with Gasteiger partial charge in [-0.3, -0.25) is 19.2 Å². The van der Waals surface area contributed by atoms with E-state index in [1.807, 2.05) is 45.0 Å². The van der Waals surface area contributed by atoms with Crippen LogP contribution in [0.25, 0.3) is 0 Å². The summed E-state index contributed by atoms with van der Waals surface area (Å²) >= 11 is 0. The van der Waals surface area contributed by atoms with Crippen LogP contribution in [0.5, 0.6) is 0 Å². The van der Waals surface area contributed by atoms with Gasteiger partial charge in [0.2, 0.25) is 0 Å². The van der Waals surface area contributed by atoms with E-state index in [9.17, 15) is 24.0 Å². The van der Waals surface area contributed by atoms with Crippen molar-refractivity contribution in [3.63, 3.8) is 0 Å². The van der Waals surface area contributed by atoms with E-state index in [4.69, 9.17) is 14.6 Å². The van der Waals surface area contributed by atoms with Crippen LogP contribution in [-0.2, 0) is 35.1 Å². The number of nitrogens with zero attached hydrogens (tertiary/aromatic N) is 1. The lowest BCUT2D eigenvalue weighted by Crippen LogP contribution is -2.49. The summed E-state index contributed by atoms with van der Waals surface area (Å²) in [5.41, 5.74) is 1.06. The molecule has 0 saturated carbocycles. The van der Waals surface area contributed by atoms with E-state index in [1.165, 1.54) is 0 Å². The van der Waals surface area contributed by atoms with Crippen LogP contribution in [-0.4, -0.2) is 57.8 Å². The highest BCUT2D eigenvalue weighted by Crippen LogP contribution is 2.36. The number of aliphatic hydroxyl groups excluding tert-OH is 1. The number of unbranched alkanes of at least 4 members (excludes halogenated alkanes) is 3. The lowest BCUT2D eigenvalue weighted by atomic mass is 9.85. The van der Waals surface area contributed by atoms with E-state index in [0.29, 0.717) is 24.0 Å². The average Bonchev–Trinajstić information content (AvgIpc) is 3.25. The largest absolute Gasteiger partial charge is 0.441 e. The minimum absolute atomic E-state index is 0.0915. The molecule has 1 saturated heterocycles. The van der Waals surface area contributed by atoms with Gasteiger partial charge in [-0.1, -0.05) is 86.8 Å². The number of cyclic esters (lactones) is 1. The van der Waals surface area contributed by atoms with Gasteiger partial charge in [-0.05, 0) is 50.7 Å². The van der Waals surface area contributed by atoms with Gasteiger partial charge in [-0.2, -0.15) is 0 Å². The molecule has 2 aromatic rings. The average molecular weight is 634 g/mol. The molecule has 2 atom stereocenters. The number of Topliss-reactive ketones (excluding diaryl/α,β-unsaturated/α-hetero) is 2. The maximum atomic E-state index is 14.4. The van der Waals surface area contributed by atoms with Crippen molar-refractivity contribution in [3.05, 3.63) is 82.6 Å². The molecular weight excluding hydrogens is 586 g/mol. The number of carbonyl (C=O) groups is 5. The van der Waals surface area contributed by atoms with E-state index >= 15 is 0 Å². The smallest absolute Gasteiger partial charge is 0.417 e. The van der Waals surface area contributed by atoms with Crippen molar-refractivity contribution in [2.24, 2.45) is 5.92 Å². The molecule has 2 amide bonds. The number of aryl methyl sites for hydroxylation is 1. The molecule has 0 radical (unpaired) electrons. The first-order valence-corrected chi connectivity index (χ1v) is 16.0. The molecule has 3 rings (SSSR count). The van der Waals surface area contributed by atoms with E-state index in [0.717, 1.165) is 30.2 Å². The molecule has 0 bridgehead atoms. The Labute approximate surface area is 272 Å². The number of hydrogen-bond donors (Lipinski definition) is 1. The number of allylic oxidation sites excluding steroid dienone is 1. The molecule has 1 N–H and O–H groups in total. The molecule has 46 heavy (non-hydrogen) atoms. The number of ketones is 2. The third-order valence-corrected chi connectivity index (χ3v) is 8.20. The topological polar surface area (TPSA) is 127 Å². The molecule has 1 aliphatic rings. The number of carbonyl (C=O) groups excluding carboxylic acids is 5. The molecular formula is C37H47NO8. The lowest BCUT2D eigenvalue weighted by molar-refractivity contribution is -0.141. The molecule has 1 unspecified atom stereocenters. The monoisotopic (exact) mass is 633 g/mol. The number of benzene rings is 2. The van der Waals surface area contributed by atoms with Crippen molar-refractivity contribution in [1.29, 1.82) is 0 Å². The zero-order valence-corrected chi connectivity index (χ0v) is 27.8. The Morgan fingerprint density at radius 1 is 0.978 bits per heavy atom. The minimum Gasteiger partial charge on any atom is -0.441 e. The second-order valence-electron chi connectivity index (χ2n) is 12.8. The number of aliphatic hydroxyl groups is 1. The Bertz CT molecular complexity index is 1440. The highest BCUT2D eigenvalue weighted by Gasteiger charge is 2.53. The first-order valence-electron chi connectivity index (χ1n) is 16.0. The predicted octanol–water partition coefficient (Wildman–Crippen LogP) is 6.39. The van der Waals surface area contributed by atoms with E-state index < -0.39 is 47.1 Å². The number of imide groups is 1. The summed E-state index contributed by atoms with van der Waals surface area (Å²) in [6.45, 7) is 10.3. The highest BCUT2D eigenvalue weighted by atomic mass is 16.6. The number of hydrogen-bond acceptors (Lipinski definition) is 8. The number of amides is 2. The van der Waals surface area contributed by atoms with Gasteiger partial charge in [-0.25, -0.2) is 9.69 Å². The second-order valence-corrected chi connectivity index (χ2v) is 12.8. The van der Waals surface area contributed by atoms with Crippen molar-refractivity contribution in [1.82, 2.24) is 4.90 Å². The Morgan fingerprint density at radius 2 is 1.65 bits per heavy atom. The highest BCUT2D eigenvalue weighted by molar-refractivity contribution is 6.11. The summed E-state index contributed by atoms with van der Waals surface area (Å²) in [5.74, 6) is -3.94. The summed E-state index contributed by atoms with van der Waals surface area (Å²) in [6, 6.07) is 15.6. The van der Waals surface area contributed by atoms with Crippen LogP contribution in [0.3, 0.4) is 0 Å². The maximum absolute atomic E-state index is 14.4. The maximum Gasteiger partial charge on any atom is 0.417 e. The number of rotatable bonds is 16. The van der Waals surface area contributed by atoms with Crippen LogP contribution in [0.2, 0.25) is 0 Å². The fraction of sp³-hybridized carbons (Fsp3) is 0.486. The van der Waals surface area contributed by atoms with Crippen LogP contribution < -0.4 is 0 Å². The molecule has 9 nitrogen and oxygen atoms in total. The van der Waals surface area contributed by atoms with Crippen LogP contribution in [0.4, 0.5) is 4.79 Å². The third kappa shape index (κ3) is 9.45. The van der Waals surface area contributed by atoms with E-state index in [-0.39, 0.29) is 43.1 Å². The Morgan fingerprint density at radius 3 is 2.26 bits per heavy atom. The fourth-order valence-electron chi connectivity index (χ4n) is 6.22. The molecule has 0 spiro atoms. The van der Waals surface area contributed by atoms with Gasteiger partial charge in [0, 0.05) is 32.8 Å². The van der Waals surface area contributed by atoms with Crippen LogP contribution in [0.15, 0.2) is 65.9 Å². The van der Waals surface area contributed by atoms with Gasteiger partial charge < -0.3 is 14.6 Å². The molecule has 248 valence electrons. The van der Waals surface area contributed by atoms with Gasteiger partial charge in [0.05, 0.1) is 17.5 Å². The Balaban J connectivity index is 2.11. The second kappa shape index (κ2) is 16.5. The summed E-state index contributed by atoms with van der Waals surface area (Å²) in [6.07, 6.45) is 1.75. The summed E-state index contributed by atoms with van der Waals surface area (Å²) in [5, 5.41) is 9.08. The zero-order valence-electron chi connectivity index (χ0n) is 27.8. The van der Waals surface area contributed by atoms with Crippen molar-refractivity contribution in [3.8, 4) is 0 Å². The van der Waals surface area contributed by atoms with Gasteiger partial charge in [0.25, 0.3) is 5.91 Å². The van der Waals surface area contributed by atoms with Crippen LogP contribution in [0.1, 0.15) is 95.8 Å². The fourth-order valence-corrected chi connectivity index (χ4v) is 6.22. The summed E-state index contributed by atoms with van der Waals surface area (Å²) in [4.78, 5) is 68.9. The first kappa shape index (κ1) is 36.4. The summed E-state index contributed by atoms with van der Waals surface area (Å²) in [7, 11) is 0. The van der Waals surface area contributed by atoms with E-state index in [2.05, 4.69) is 0 Å². The Hall–Kier alpha value is -4.11. The first-order chi connectivity index (χ1) is 21.8. The zero-order chi connectivity index (χ0) is 34.0. The van der Waals surface area contributed by atoms with Crippen molar-refractivity contribution < 1.29 is 38.6 Å². The molecule has 0 aliphatic carbocycles. The quantitative estimate of drug-likeness (QED) is 0.0975. The minimum atomic E-state index is -0.996. The van der Waals surface area contributed by atoms with Gasteiger partial charge in [-0.15, -0.1) is 0 Å². The SMILES string of the molecule is CC(=O)OC(C(=O)CC(C(=O)CCCCCCO)c1cccc(C)c1)=C(Cc1ccccc1)C(=O)N1C(=O)OC(C)(C)[C@@H]1C(C)C. The molecule has 2 aromatic carbocycles. The third-order valence-electron chi connectivity index (χ3n) is 8.20. The van der Waals surface area contributed by atoms with E-state index in [1.54, 1.807) is 44.2 Å². The van der Waals surface area contributed by atoms with Gasteiger partial charge in [0.1, 0.15) is 11.4 Å². The standard InChI is InChI=1S/C37H47NO8/c1-24(2)34-37(5,6)46-36(44)38(34)35(43)30(22-27-16-10-9-11-17-27)33(45-26(4)40)32(42)23-29(28-18-14-15-25(3)21-28)31(41)19-12-7-8-13-20-39/h9-11,14-18,21,24,29,34,39H,7-8,12-13,19-20,22-23H2,1-6H3/t29?,34-/m0/s1. The van der Waals surface area contributed by atoms with Crippen molar-refractivity contribution >= 4 is 29.5 Å². The summed E-state index contributed by atoms with van der Waals surface area (Å²) < 4.78 is 11.1. The number of esters is 1. The van der Waals surface area contributed by atoms with Crippen molar-refractivity contribution in [2.75, 3.05) is 6.61 Å². The van der Waals surface area contributed by atoms with Crippen LogP contribution >= 0.6 is 0 Å². The number of ether oxygens (including phenoxy) is 2. The van der Waals surface area contributed by atoms with Gasteiger partial charge in [0.15, 0.2) is 11.5 Å². The van der Waals surface area contributed by atoms with Crippen LogP contribution in [0, 0.1) is 12.8 Å². The molecule has 1 aliphatic heterocycles. The predicted molar refractivity (Wildman–Crippen MR) is 174 cm³/mol. The normalized spacial score (nSPS) is 16.9. The molecule has 1 heterocycles.